The Morgan fingerprint density at radius 3 is 1.72 bits per heavy atom. The van der Waals surface area contributed by atoms with Gasteiger partial charge in [-0.2, -0.15) is 0 Å². The van der Waals surface area contributed by atoms with Crippen LogP contribution in [0.1, 0.15) is 46.0 Å². The summed E-state index contributed by atoms with van der Waals surface area (Å²) >= 11 is 0. The fraction of sp³-hybridized carbons (Fsp3) is 0.0909. The van der Waals surface area contributed by atoms with Crippen molar-refractivity contribution in [1.82, 2.24) is 29.7 Å². The Morgan fingerprint density at radius 1 is 0.540 bits per heavy atom. The Morgan fingerprint density at radius 2 is 1.10 bits per heavy atom. The maximum absolute atomic E-state index is 5.04. The first-order valence-corrected chi connectivity index (χ1v) is 17.0. The molecule has 2 aromatic carbocycles. The molecule has 242 valence electrons. The molecule has 6 heteroatoms. The molecule has 0 radical (unpaired) electrons. The van der Waals surface area contributed by atoms with Gasteiger partial charge < -0.3 is 19.8 Å². The van der Waals surface area contributed by atoms with E-state index in [4.69, 9.17) is 9.97 Å². The number of rotatable bonds is 4. The quantitative estimate of drug-likeness (QED) is 0.199. The second kappa shape index (κ2) is 12.2. The highest BCUT2D eigenvalue weighted by Gasteiger charge is 2.30. The summed E-state index contributed by atoms with van der Waals surface area (Å²) in [6.07, 6.45) is 25.7. The number of hydrogen-bond acceptors (Lipinski definition) is 4. The largest absolute Gasteiger partial charge is 0.370 e. The van der Waals surface area contributed by atoms with Gasteiger partial charge in [-0.25, -0.2) is 9.97 Å². The molecular weight excluding hydrogens is 613 g/mol. The van der Waals surface area contributed by atoms with Crippen molar-refractivity contribution >= 4 is 46.4 Å². The Balaban J connectivity index is 1.53. The predicted octanol–water partition coefficient (Wildman–Crippen LogP) is 10.1. The first-order chi connectivity index (χ1) is 24.6. The molecule has 0 saturated heterocycles. The molecule has 8 bridgehead atoms. The summed E-state index contributed by atoms with van der Waals surface area (Å²) in [5.74, 6) is 0. The fourth-order valence-corrected chi connectivity index (χ4v) is 7.44. The van der Waals surface area contributed by atoms with E-state index in [0.29, 0.717) is 0 Å². The van der Waals surface area contributed by atoms with E-state index in [-0.39, 0.29) is 12.1 Å². The molecule has 2 unspecified atom stereocenters. The summed E-state index contributed by atoms with van der Waals surface area (Å²) in [6, 6.07) is 30.0. The zero-order chi connectivity index (χ0) is 33.6. The SMILES string of the molecule is CN1C=CC=CC1c1c(C2C=CC=CN2C)c2[nH]c1cc1nc(cc3nc(cc4cc(-c5ccccc5)c([nH]4)c2-c2ccccc2)C=C3)C=C1. The topological polar surface area (TPSA) is 63.8 Å². The van der Waals surface area contributed by atoms with Gasteiger partial charge in [-0.15, -0.1) is 0 Å². The molecule has 4 aliphatic rings. The van der Waals surface area contributed by atoms with Gasteiger partial charge in [-0.1, -0.05) is 85.0 Å². The van der Waals surface area contributed by atoms with Crippen molar-refractivity contribution in [2.75, 3.05) is 14.1 Å². The Labute approximate surface area is 291 Å². The lowest BCUT2D eigenvalue weighted by atomic mass is 9.90. The lowest BCUT2D eigenvalue weighted by molar-refractivity contribution is 0.367. The molecule has 0 amide bonds. The van der Waals surface area contributed by atoms with Gasteiger partial charge in [0, 0.05) is 47.4 Å². The number of nitrogens with zero attached hydrogens (tertiary/aromatic N) is 4. The fourth-order valence-electron chi connectivity index (χ4n) is 7.44. The average molecular weight is 649 g/mol. The van der Waals surface area contributed by atoms with Crippen LogP contribution in [0.15, 0.2) is 134 Å². The number of allylic oxidation sites excluding steroid dienone is 4. The molecule has 0 saturated carbocycles. The normalized spacial score (nSPS) is 17.6. The van der Waals surface area contributed by atoms with Crippen LogP contribution in [0.5, 0.6) is 0 Å². The van der Waals surface area contributed by atoms with Crippen molar-refractivity contribution in [1.29, 1.82) is 0 Å². The van der Waals surface area contributed by atoms with E-state index >= 15 is 0 Å². The van der Waals surface area contributed by atoms with Crippen molar-refractivity contribution < 1.29 is 0 Å². The third-order valence-electron chi connectivity index (χ3n) is 9.77. The number of fused-ring (bicyclic) bond motifs is 8. The van der Waals surface area contributed by atoms with Gasteiger partial charge in [0.2, 0.25) is 0 Å². The molecule has 6 nitrogen and oxygen atoms in total. The molecule has 7 heterocycles. The molecule has 2 atom stereocenters. The van der Waals surface area contributed by atoms with E-state index in [0.717, 1.165) is 67.1 Å². The van der Waals surface area contributed by atoms with Crippen molar-refractivity contribution in [3.05, 3.63) is 168 Å². The maximum atomic E-state index is 5.04. The smallest absolute Gasteiger partial charge is 0.0745 e. The third kappa shape index (κ3) is 5.31. The summed E-state index contributed by atoms with van der Waals surface area (Å²) in [5, 5.41) is 0. The van der Waals surface area contributed by atoms with Gasteiger partial charge in [-0.3, -0.25) is 0 Å². The summed E-state index contributed by atoms with van der Waals surface area (Å²) < 4.78 is 0. The van der Waals surface area contributed by atoms with Crippen LogP contribution in [-0.2, 0) is 0 Å². The van der Waals surface area contributed by atoms with Crippen LogP contribution in [0, 0.1) is 0 Å². The molecule has 5 aromatic rings. The van der Waals surface area contributed by atoms with Gasteiger partial charge in [0.1, 0.15) is 0 Å². The first kappa shape index (κ1) is 29.7. The lowest BCUT2D eigenvalue weighted by Crippen LogP contribution is -2.24. The van der Waals surface area contributed by atoms with Crippen molar-refractivity contribution in [2.45, 2.75) is 12.1 Å². The van der Waals surface area contributed by atoms with Crippen LogP contribution in [0.3, 0.4) is 0 Å². The average Bonchev–Trinajstić information content (AvgIpc) is 3.94. The Kier molecular flexibility index (Phi) is 7.28. The van der Waals surface area contributed by atoms with Crippen LogP contribution in [-0.4, -0.2) is 43.8 Å². The minimum atomic E-state index is -0.0267. The van der Waals surface area contributed by atoms with Crippen LogP contribution >= 0.6 is 0 Å². The molecule has 3 aromatic heterocycles. The summed E-state index contributed by atoms with van der Waals surface area (Å²) in [6.45, 7) is 0. The van der Waals surface area contributed by atoms with E-state index in [1.807, 2.05) is 12.1 Å². The Hall–Kier alpha value is -6.40. The van der Waals surface area contributed by atoms with Gasteiger partial charge in [-0.05, 0) is 84.2 Å². The molecule has 2 N–H and O–H groups in total. The summed E-state index contributed by atoms with van der Waals surface area (Å²) in [7, 11) is 4.31. The van der Waals surface area contributed by atoms with Gasteiger partial charge >= 0.3 is 0 Å². The Bertz CT molecular complexity index is 2470. The third-order valence-corrected chi connectivity index (χ3v) is 9.77. The lowest BCUT2D eigenvalue weighted by Gasteiger charge is -2.32. The van der Waals surface area contributed by atoms with Crippen molar-refractivity contribution in [3.63, 3.8) is 0 Å². The number of H-pyrrole nitrogens is 2. The first-order valence-electron chi connectivity index (χ1n) is 17.0. The predicted molar refractivity (Wildman–Crippen MR) is 207 cm³/mol. The van der Waals surface area contributed by atoms with Crippen molar-refractivity contribution in [2.24, 2.45) is 0 Å². The monoisotopic (exact) mass is 648 g/mol. The second-order valence-corrected chi connectivity index (χ2v) is 13.1. The highest BCUT2D eigenvalue weighted by molar-refractivity contribution is 6.03. The summed E-state index contributed by atoms with van der Waals surface area (Å²) in [5.41, 5.74) is 14.6. The number of nitrogens with one attached hydrogen (secondary N) is 2. The number of hydrogen-bond donors (Lipinski definition) is 2. The van der Waals surface area contributed by atoms with Crippen LogP contribution in [0.2, 0.25) is 0 Å². The van der Waals surface area contributed by atoms with Crippen LogP contribution in [0.4, 0.5) is 0 Å². The minimum Gasteiger partial charge on any atom is -0.370 e. The number of aromatic amines is 2. The molecule has 50 heavy (non-hydrogen) atoms. The van der Waals surface area contributed by atoms with Gasteiger partial charge in [0.05, 0.1) is 45.9 Å². The zero-order valence-corrected chi connectivity index (χ0v) is 28.0. The molecule has 0 spiro atoms. The highest BCUT2D eigenvalue weighted by Crippen LogP contribution is 2.45. The van der Waals surface area contributed by atoms with E-state index < -0.39 is 0 Å². The number of aromatic nitrogens is 4. The second-order valence-electron chi connectivity index (χ2n) is 13.1. The van der Waals surface area contributed by atoms with Crippen molar-refractivity contribution in [3.8, 4) is 22.3 Å². The van der Waals surface area contributed by atoms with Gasteiger partial charge in [0.15, 0.2) is 0 Å². The van der Waals surface area contributed by atoms with E-state index in [1.54, 1.807) is 0 Å². The zero-order valence-electron chi connectivity index (χ0n) is 28.0. The maximum Gasteiger partial charge on any atom is 0.0745 e. The van der Waals surface area contributed by atoms with Crippen LogP contribution < -0.4 is 0 Å². The molecule has 4 aliphatic heterocycles. The molecule has 0 aliphatic carbocycles. The number of likely N-dealkylation sites (N-methyl/N-ethyl adjacent to an activating group) is 2. The highest BCUT2D eigenvalue weighted by atomic mass is 15.1. The molecular formula is C44H36N6. The van der Waals surface area contributed by atoms with Crippen LogP contribution in [0.25, 0.3) is 68.6 Å². The van der Waals surface area contributed by atoms with E-state index in [2.05, 4.69) is 180 Å². The summed E-state index contributed by atoms with van der Waals surface area (Å²) in [4.78, 5) is 22.5. The van der Waals surface area contributed by atoms with Gasteiger partial charge in [0.25, 0.3) is 0 Å². The minimum absolute atomic E-state index is 0.00758. The van der Waals surface area contributed by atoms with E-state index in [9.17, 15) is 0 Å². The molecule has 9 rings (SSSR count). The molecule has 0 fully saturated rings. The number of benzene rings is 2. The van der Waals surface area contributed by atoms with E-state index in [1.165, 1.54) is 11.1 Å². The standard InChI is InChI=1S/C44H36N6/c1-49-23-11-9-17-38(49)41-37-28-34-22-21-32(46-34)25-31-19-20-33(45-31)26-35-27-36(29-13-5-3-6-14-29)43(47-35)40(30-15-7-4-8-16-30)44(48-37)42(41)39-18-10-12-24-50(39)2/h3-28,38-39,47-48H,1-2H3.